The molecule has 3 aromatic rings. The smallest absolute Gasteiger partial charge is 0.409 e. The van der Waals surface area contributed by atoms with Crippen molar-refractivity contribution in [2.75, 3.05) is 11.1 Å². The van der Waals surface area contributed by atoms with Crippen molar-refractivity contribution < 1.29 is 23.9 Å². The fourth-order valence-corrected chi connectivity index (χ4v) is 5.53. The lowest BCUT2D eigenvalue weighted by Crippen LogP contribution is -2.44. The summed E-state index contributed by atoms with van der Waals surface area (Å²) in [7, 11) is 0. The number of benzene rings is 1. The standard InChI is InChI=1S/C21H19N5O5S2/c27-17(23-13-5-6-13)12-3-1-11(2-4-12)14-8-33-20(24-14)25-18(28)15-9-32-19(26(15)21(29)30)16-7-22-10-31-16/h1-4,7-8,10,13,15,19H,5-6,9H2,(H,23,27)(H,29,30)(H,24,25,28). The molecule has 2 fully saturated rings. The number of carbonyl (C=O) groups is 3. The van der Waals surface area contributed by atoms with Crippen molar-refractivity contribution in [3.05, 3.63) is 53.6 Å². The SMILES string of the molecule is O=C(NC1CC1)c1ccc(-c2csc(NC(=O)C3CSC(c4cnco4)N3C(=O)O)n2)cc1. The van der Waals surface area contributed by atoms with Gasteiger partial charge in [0.05, 0.1) is 11.9 Å². The van der Waals surface area contributed by atoms with Crippen molar-refractivity contribution >= 4 is 46.1 Å². The Morgan fingerprint density at radius 2 is 1.97 bits per heavy atom. The van der Waals surface area contributed by atoms with Crippen LogP contribution in [0.3, 0.4) is 0 Å². The largest absolute Gasteiger partial charge is 0.465 e. The van der Waals surface area contributed by atoms with Gasteiger partial charge in [0.25, 0.3) is 5.91 Å². The molecule has 0 spiro atoms. The van der Waals surface area contributed by atoms with E-state index >= 15 is 0 Å². The molecule has 2 unspecified atom stereocenters. The minimum atomic E-state index is -1.22. The molecule has 1 saturated heterocycles. The number of aromatic nitrogens is 2. The lowest BCUT2D eigenvalue weighted by Gasteiger charge is -2.23. The summed E-state index contributed by atoms with van der Waals surface area (Å²) in [5, 5.41) is 16.9. The van der Waals surface area contributed by atoms with Crippen molar-refractivity contribution in [2.45, 2.75) is 30.3 Å². The Labute approximate surface area is 196 Å². The zero-order valence-corrected chi connectivity index (χ0v) is 18.8. The summed E-state index contributed by atoms with van der Waals surface area (Å²) in [6.07, 6.45) is 3.52. The minimum absolute atomic E-state index is 0.0867. The van der Waals surface area contributed by atoms with Crippen molar-refractivity contribution in [1.82, 2.24) is 20.2 Å². The van der Waals surface area contributed by atoms with Gasteiger partial charge >= 0.3 is 6.09 Å². The molecule has 1 aromatic carbocycles. The van der Waals surface area contributed by atoms with Crippen LogP contribution in [-0.4, -0.2) is 55.7 Å². The van der Waals surface area contributed by atoms with Gasteiger partial charge in [0.15, 0.2) is 17.3 Å². The van der Waals surface area contributed by atoms with Gasteiger partial charge in [-0.15, -0.1) is 23.1 Å². The van der Waals surface area contributed by atoms with Gasteiger partial charge < -0.3 is 20.2 Å². The molecule has 0 radical (unpaired) electrons. The zero-order valence-electron chi connectivity index (χ0n) is 17.1. The van der Waals surface area contributed by atoms with Crippen molar-refractivity contribution in [2.24, 2.45) is 0 Å². The molecule has 170 valence electrons. The van der Waals surface area contributed by atoms with Gasteiger partial charge in [-0.05, 0) is 25.0 Å². The molecule has 1 saturated carbocycles. The van der Waals surface area contributed by atoms with E-state index in [1.165, 1.54) is 35.7 Å². The van der Waals surface area contributed by atoms with Crippen molar-refractivity contribution in [1.29, 1.82) is 0 Å². The minimum Gasteiger partial charge on any atom is -0.465 e. The molecule has 3 heterocycles. The fraction of sp³-hybridized carbons (Fsp3) is 0.286. The first-order chi connectivity index (χ1) is 16.0. The quantitative estimate of drug-likeness (QED) is 0.483. The number of hydrogen-bond acceptors (Lipinski definition) is 8. The lowest BCUT2D eigenvalue weighted by atomic mass is 10.1. The van der Waals surface area contributed by atoms with Crippen molar-refractivity contribution in [3.63, 3.8) is 0 Å². The third-order valence-corrected chi connectivity index (χ3v) is 7.35. The van der Waals surface area contributed by atoms with Crippen LogP contribution in [0.2, 0.25) is 0 Å². The number of hydrogen-bond donors (Lipinski definition) is 3. The maximum Gasteiger partial charge on any atom is 0.409 e. The predicted molar refractivity (Wildman–Crippen MR) is 122 cm³/mol. The summed E-state index contributed by atoms with van der Waals surface area (Å²) < 4.78 is 5.24. The van der Waals surface area contributed by atoms with Crippen LogP contribution in [-0.2, 0) is 4.79 Å². The van der Waals surface area contributed by atoms with E-state index in [-0.39, 0.29) is 11.7 Å². The van der Waals surface area contributed by atoms with E-state index < -0.39 is 23.4 Å². The number of carboxylic acid groups (broad SMARTS) is 1. The Kier molecular flexibility index (Phi) is 5.77. The molecule has 1 aliphatic heterocycles. The van der Waals surface area contributed by atoms with Gasteiger partial charge in [0.1, 0.15) is 11.4 Å². The third-order valence-electron chi connectivity index (χ3n) is 5.31. The van der Waals surface area contributed by atoms with Gasteiger partial charge in [-0.1, -0.05) is 12.1 Å². The average molecular weight is 486 g/mol. The summed E-state index contributed by atoms with van der Waals surface area (Å²) in [4.78, 5) is 46.2. The third kappa shape index (κ3) is 4.57. The topological polar surface area (TPSA) is 138 Å². The summed E-state index contributed by atoms with van der Waals surface area (Å²) in [6.45, 7) is 0. The number of nitrogens with zero attached hydrogens (tertiary/aromatic N) is 3. The molecule has 2 aliphatic rings. The Balaban J connectivity index is 1.25. The fourth-order valence-electron chi connectivity index (χ4n) is 3.45. The van der Waals surface area contributed by atoms with Crippen LogP contribution in [0.15, 0.2) is 46.7 Å². The van der Waals surface area contributed by atoms with Crippen LogP contribution in [0.1, 0.15) is 34.3 Å². The maximum absolute atomic E-state index is 12.8. The highest BCUT2D eigenvalue weighted by Gasteiger charge is 2.44. The lowest BCUT2D eigenvalue weighted by molar-refractivity contribution is -0.120. The number of nitrogens with one attached hydrogen (secondary N) is 2. The van der Waals surface area contributed by atoms with E-state index in [1.54, 1.807) is 17.5 Å². The Morgan fingerprint density at radius 3 is 2.64 bits per heavy atom. The van der Waals surface area contributed by atoms with Crippen LogP contribution in [0.25, 0.3) is 11.3 Å². The molecule has 10 nitrogen and oxygen atoms in total. The predicted octanol–water partition coefficient (Wildman–Crippen LogP) is 3.42. The number of thioether (sulfide) groups is 1. The van der Waals surface area contributed by atoms with Gasteiger partial charge in [0, 0.05) is 28.3 Å². The molecule has 5 rings (SSSR count). The molecule has 1 aliphatic carbocycles. The summed E-state index contributed by atoms with van der Waals surface area (Å²) in [5.74, 6) is 0.117. The zero-order chi connectivity index (χ0) is 22.9. The first-order valence-electron chi connectivity index (χ1n) is 10.2. The van der Waals surface area contributed by atoms with Gasteiger partial charge in [-0.3, -0.25) is 14.5 Å². The molecular formula is C21H19N5O5S2. The number of anilines is 1. The number of oxazole rings is 1. The number of carbonyl (C=O) groups excluding carboxylic acids is 2. The Bertz CT molecular complexity index is 1180. The second-order valence-electron chi connectivity index (χ2n) is 7.65. The van der Waals surface area contributed by atoms with E-state index in [9.17, 15) is 19.5 Å². The van der Waals surface area contributed by atoms with Crippen LogP contribution in [0.5, 0.6) is 0 Å². The first kappa shape index (κ1) is 21.5. The molecule has 2 aromatic heterocycles. The normalized spacial score (nSPS) is 19.9. The van der Waals surface area contributed by atoms with Crippen LogP contribution < -0.4 is 10.6 Å². The number of amides is 3. The Morgan fingerprint density at radius 1 is 1.18 bits per heavy atom. The van der Waals surface area contributed by atoms with Crippen LogP contribution in [0, 0.1) is 0 Å². The molecule has 33 heavy (non-hydrogen) atoms. The molecule has 12 heteroatoms. The van der Waals surface area contributed by atoms with Crippen LogP contribution >= 0.6 is 23.1 Å². The van der Waals surface area contributed by atoms with E-state index in [1.807, 2.05) is 12.1 Å². The van der Waals surface area contributed by atoms with E-state index in [4.69, 9.17) is 4.42 Å². The number of rotatable bonds is 6. The van der Waals surface area contributed by atoms with Crippen molar-refractivity contribution in [3.8, 4) is 11.3 Å². The molecule has 3 N–H and O–H groups in total. The first-order valence-corrected chi connectivity index (χ1v) is 12.1. The average Bonchev–Trinajstić information content (AvgIpc) is 3.22. The number of thiazole rings is 1. The summed E-state index contributed by atoms with van der Waals surface area (Å²) in [5.41, 5.74) is 2.05. The van der Waals surface area contributed by atoms with Gasteiger partial charge in [-0.2, -0.15) is 0 Å². The summed E-state index contributed by atoms with van der Waals surface area (Å²) in [6, 6.07) is 6.51. The Hall–Kier alpha value is -3.38. The molecule has 0 bridgehead atoms. The second-order valence-corrected chi connectivity index (χ2v) is 9.62. The van der Waals surface area contributed by atoms with Gasteiger partial charge in [0.2, 0.25) is 5.91 Å². The molecular weight excluding hydrogens is 466 g/mol. The summed E-state index contributed by atoms with van der Waals surface area (Å²) >= 11 is 2.54. The van der Waals surface area contributed by atoms with E-state index in [0.717, 1.165) is 23.3 Å². The second kappa shape index (κ2) is 8.87. The maximum atomic E-state index is 12.8. The molecule has 2 atom stereocenters. The van der Waals surface area contributed by atoms with E-state index in [0.29, 0.717) is 28.2 Å². The monoisotopic (exact) mass is 485 g/mol. The van der Waals surface area contributed by atoms with Crippen LogP contribution in [0.4, 0.5) is 9.93 Å². The highest BCUT2D eigenvalue weighted by molar-refractivity contribution is 7.99. The molecule has 3 amide bonds. The highest BCUT2D eigenvalue weighted by atomic mass is 32.2. The van der Waals surface area contributed by atoms with Gasteiger partial charge in [-0.25, -0.2) is 14.8 Å². The highest BCUT2D eigenvalue weighted by Crippen LogP contribution is 2.41. The van der Waals surface area contributed by atoms with E-state index in [2.05, 4.69) is 20.6 Å².